The number of aromatic amines is 2. The van der Waals surface area contributed by atoms with E-state index in [0.29, 0.717) is 36.2 Å². The van der Waals surface area contributed by atoms with Crippen LogP contribution in [0.4, 0.5) is 9.59 Å². The second-order valence-electron chi connectivity index (χ2n) is 16.1. The summed E-state index contributed by atoms with van der Waals surface area (Å²) in [7, 11) is 5.84. The van der Waals surface area contributed by atoms with Crippen molar-refractivity contribution in [3.05, 3.63) is 60.2 Å². The first-order valence-electron chi connectivity index (χ1n) is 20.4. The third-order valence-electron chi connectivity index (χ3n) is 11.6. The molecule has 2 fully saturated rings. The number of rotatable bonds is 12. The van der Waals surface area contributed by atoms with Gasteiger partial charge >= 0.3 is 12.2 Å². The van der Waals surface area contributed by atoms with Gasteiger partial charge in [-0.05, 0) is 85.0 Å². The lowest BCUT2D eigenvalue weighted by Gasteiger charge is -2.29. The van der Waals surface area contributed by atoms with Crippen molar-refractivity contribution < 1.29 is 38.1 Å². The van der Waals surface area contributed by atoms with E-state index in [4.69, 9.17) is 28.9 Å². The van der Waals surface area contributed by atoms with Crippen LogP contribution in [0.15, 0.2) is 48.5 Å². The van der Waals surface area contributed by atoms with Gasteiger partial charge in [0.2, 0.25) is 11.8 Å². The quantitative estimate of drug-likeness (QED) is 0.103. The summed E-state index contributed by atoms with van der Waals surface area (Å²) in [6.45, 7) is 8.70. The predicted molar refractivity (Wildman–Crippen MR) is 225 cm³/mol. The maximum Gasteiger partial charge on any atom is 0.407 e. The van der Waals surface area contributed by atoms with E-state index in [9.17, 15) is 19.2 Å². The van der Waals surface area contributed by atoms with E-state index < -0.39 is 24.3 Å². The number of likely N-dealkylation sites (tertiary alicyclic amines) is 2. The molecule has 0 spiro atoms. The Labute approximate surface area is 348 Å². The highest BCUT2D eigenvalue weighted by Crippen LogP contribution is 2.43. The molecule has 2 aliphatic heterocycles. The van der Waals surface area contributed by atoms with Gasteiger partial charge in [0, 0.05) is 24.2 Å². The van der Waals surface area contributed by atoms with Crippen LogP contribution in [0.3, 0.4) is 0 Å². The summed E-state index contributed by atoms with van der Waals surface area (Å²) in [4.78, 5) is 71.9. The third-order valence-corrected chi connectivity index (χ3v) is 11.6. The van der Waals surface area contributed by atoms with Crippen molar-refractivity contribution >= 4 is 46.1 Å². The van der Waals surface area contributed by atoms with E-state index in [1.807, 2.05) is 76.2 Å². The van der Waals surface area contributed by atoms with Crippen molar-refractivity contribution in [2.75, 3.05) is 41.5 Å². The minimum atomic E-state index is -0.722. The van der Waals surface area contributed by atoms with Crippen LogP contribution in [0.2, 0.25) is 0 Å². The van der Waals surface area contributed by atoms with Gasteiger partial charge in [0.15, 0.2) is 0 Å². The number of nitrogens with zero attached hydrogens (tertiary/aromatic N) is 4. The number of carbonyl (C=O) groups excluding carboxylic acids is 4. The molecule has 4 heterocycles. The van der Waals surface area contributed by atoms with E-state index in [1.54, 1.807) is 24.0 Å². The number of imidazole rings is 2. The molecule has 16 heteroatoms. The van der Waals surface area contributed by atoms with Crippen LogP contribution in [0.25, 0.3) is 44.3 Å². The molecule has 2 aromatic heterocycles. The molecular weight excluding hydrogens is 769 g/mol. The minimum Gasteiger partial charge on any atom is -0.496 e. The second kappa shape index (κ2) is 17.5. The van der Waals surface area contributed by atoms with Crippen LogP contribution >= 0.6 is 0 Å². The zero-order valence-electron chi connectivity index (χ0n) is 35.4. The fraction of sp³-hybridized carbons (Fsp3) is 0.455. The van der Waals surface area contributed by atoms with Crippen LogP contribution in [0, 0.1) is 11.8 Å². The Kier molecular flexibility index (Phi) is 12.2. The molecule has 4 atom stereocenters. The smallest absolute Gasteiger partial charge is 0.407 e. The van der Waals surface area contributed by atoms with Gasteiger partial charge in [0.25, 0.3) is 0 Å². The zero-order chi connectivity index (χ0) is 42.8. The van der Waals surface area contributed by atoms with Gasteiger partial charge in [0.05, 0.1) is 62.6 Å². The molecular formula is C44H54N8O8. The number of ether oxygens (including phenoxy) is 4. The first-order valence-corrected chi connectivity index (χ1v) is 20.4. The number of hydrogen-bond acceptors (Lipinski definition) is 10. The SMILES string of the molecule is COC(=O)N[C@H](C(=O)N1CCC[C@H]1c1nc2ccc(-c3cc(OC)c(-c4ccc5nc([C@@H]6CCCN6C(=O)[C@@H](NC(=O)OC)C(C)C)[nH]c5c4)cc3OC)cc2[nH]1)C(C)C. The minimum absolute atomic E-state index is 0.134. The highest BCUT2D eigenvalue weighted by atomic mass is 16.5. The maximum absolute atomic E-state index is 13.7. The van der Waals surface area contributed by atoms with Gasteiger partial charge in [0.1, 0.15) is 35.2 Å². The first kappa shape index (κ1) is 41.8. The summed E-state index contributed by atoms with van der Waals surface area (Å²) in [5, 5.41) is 5.41. The van der Waals surface area contributed by atoms with E-state index in [0.717, 1.165) is 70.0 Å². The van der Waals surface area contributed by atoms with Gasteiger partial charge in [-0.3, -0.25) is 9.59 Å². The van der Waals surface area contributed by atoms with Crippen molar-refractivity contribution in [2.24, 2.45) is 11.8 Å². The fourth-order valence-corrected chi connectivity index (χ4v) is 8.44. The summed E-state index contributed by atoms with van der Waals surface area (Å²) in [5.41, 5.74) is 6.54. The van der Waals surface area contributed by atoms with Gasteiger partial charge in [-0.25, -0.2) is 19.6 Å². The molecule has 2 saturated heterocycles. The first-order chi connectivity index (χ1) is 28.8. The van der Waals surface area contributed by atoms with E-state index in [-0.39, 0.29) is 35.7 Å². The monoisotopic (exact) mass is 822 g/mol. The number of nitrogens with one attached hydrogen (secondary N) is 4. The van der Waals surface area contributed by atoms with Gasteiger partial charge < -0.3 is 49.3 Å². The molecule has 7 rings (SSSR count). The summed E-state index contributed by atoms with van der Waals surface area (Å²) in [5.74, 6) is 2.06. The van der Waals surface area contributed by atoms with Crippen molar-refractivity contribution in [2.45, 2.75) is 77.5 Å². The average molecular weight is 823 g/mol. The second-order valence-corrected chi connectivity index (χ2v) is 16.1. The Morgan fingerprint density at radius 1 is 0.633 bits per heavy atom. The molecule has 3 aromatic carbocycles. The Balaban J connectivity index is 1.15. The molecule has 0 bridgehead atoms. The van der Waals surface area contributed by atoms with Crippen LogP contribution in [-0.4, -0.2) is 107 Å². The molecule has 4 N–H and O–H groups in total. The van der Waals surface area contributed by atoms with Crippen molar-refractivity contribution in [1.29, 1.82) is 0 Å². The molecule has 5 aromatic rings. The van der Waals surface area contributed by atoms with Crippen LogP contribution in [-0.2, 0) is 19.1 Å². The lowest BCUT2D eigenvalue weighted by atomic mass is 9.97. The third kappa shape index (κ3) is 8.14. The molecule has 0 radical (unpaired) electrons. The fourth-order valence-electron chi connectivity index (χ4n) is 8.44. The Morgan fingerprint density at radius 2 is 1.03 bits per heavy atom. The highest BCUT2D eigenvalue weighted by Gasteiger charge is 2.39. The van der Waals surface area contributed by atoms with E-state index in [1.165, 1.54) is 14.2 Å². The number of H-pyrrole nitrogens is 2. The molecule has 4 amide bonds. The molecule has 0 saturated carbocycles. The van der Waals surface area contributed by atoms with Crippen molar-refractivity contribution in [3.8, 4) is 33.8 Å². The molecule has 60 heavy (non-hydrogen) atoms. The van der Waals surface area contributed by atoms with Crippen LogP contribution in [0.5, 0.6) is 11.5 Å². The van der Waals surface area contributed by atoms with Crippen LogP contribution in [0.1, 0.15) is 77.1 Å². The van der Waals surface area contributed by atoms with Crippen molar-refractivity contribution in [1.82, 2.24) is 40.4 Å². The normalized spacial score (nSPS) is 17.6. The topological polar surface area (TPSA) is 193 Å². The summed E-state index contributed by atoms with van der Waals surface area (Å²) < 4.78 is 21.5. The summed E-state index contributed by atoms with van der Waals surface area (Å²) >= 11 is 0. The number of alkyl carbamates (subject to hydrolysis) is 2. The zero-order valence-corrected chi connectivity index (χ0v) is 35.4. The molecule has 0 aliphatic carbocycles. The summed E-state index contributed by atoms with van der Waals surface area (Å²) in [6, 6.07) is 13.9. The summed E-state index contributed by atoms with van der Waals surface area (Å²) in [6.07, 6.45) is 1.84. The number of fused-ring (bicyclic) bond motifs is 2. The number of aromatic nitrogens is 4. The Hall–Kier alpha value is -6.32. The number of benzene rings is 3. The van der Waals surface area contributed by atoms with Gasteiger partial charge in [-0.1, -0.05) is 39.8 Å². The molecule has 318 valence electrons. The Bertz CT molecular complexity index is 2240. The lowest BCUT2D eigenvalue weighted by Crippen LogP contribution is -2.51. The highest BCUT2D eigenvalue weighted by molar-refractivity contribution is 5.90. The number of carbonyl (C=O) groups is 4. The predicted octanol–water partition coefficient (Wildman–Crippen LogP) is 6.88. The number of amides is 4. The molecule has 0 unspecified atom stereocenters. The number of hydrogen-bond donors (Lipinski definition) is 4. The van der Waals surface area contributed by atoms with Gasteiger partial charge in [-0.15, -0.1) is 0 Å². The lowest BCUT2D eigenvalue weighted by molar-refractivity contribution is -0.136. The van der Waals surface area contributed by atoms with Crippen molar-refractivity contribution in [3.63, 3.8) is 0 Å². The number of methoxy groups -OCH3 is 4. The standard InChI is InChI=1S/C44H54N8O8/c1-23(2)37(49-43(55)59-7)41(53)51-17-9-11-33(51)39-45-29-15-13-25(19-31(29)47-39)27-21-36(58-6)28(22-35(27)57-5)26-14-16-30-32(20-26)48-40(46-30)34-12-10-18-52(34)42(54)38(24(3)4)50-44(56)60-8/h13-16,19-24,33-34,37-38H,9-12,17-18H2,1-8H3,(H,45,47)(H,46,48)(H,49,55)(H,50,56)/t33-,34-,37-,38-/m0/s1. The van der Waals surface area contributed by atoms with Gasteiger partial charge in [-0.2, -0.15) is 0 Å². The average Bonchev–Trinajstić information content (AvgIpc) is 4.08. The molecule has 16 nitrogen and oxygen atoms in total. The largest absolute Gasteiger partial charge is 0.496 e. The van der Waals surface area contributed by atoms with Crippen LogP contribution < -0.4 is 20.1 Å². The molecule has 2 aliphatic rings. The van der Waals surface area contributed by atoms with E-state index >= 15 is 0 Å². The van der Waals surface area contributed by atoms with E-state index in [2.05, 4.69) is 20.6 Å². The Morgan fingerprint density at radius 3 is 1.38 bits per heavy atom. The maximum atomic E-state index is 13.7.